The standard InChI is InChI=1S/C20H17FN4O2S/c1-24-12-4-6-16(24)19(26)25-20(15-5-3-11-22-17(15)27-2)28-18(23-25)13-7-9-14(21)10-8-13/h3-12,20H,1-2H3. The molecule has 0 fully saturated rings. The van der Waals surface area contributed by atoms with Crippen LogP contribution in [0.3, 0.4) is 0 Å². The van der Waals surface area contributed by atoms with Gasteiger partial charge in [0.05, 0.1) is 7.11 Å². The van der Waals surface area contributed by atoms with Crippen LogP contribution < -0.4 is 4.74 Å². The van der Waals surface area contributed by atoms with Gasteiger partial charge in [0.15, 0.2) is 0 Å². The molecule has 8 heteroatoms. The molecule has 1 aliphatic rings. The van der Waals surface area contributed by atoms with Crippen LogP contribution in [-0.4, -0.2) is 32.6 Å². The van der Waals surface area contributed by atoms with E-state index in [1.807, 2.05) is 6.07 Å². The first kappa shape index (κ1) is 18.2. The van der Waals surface area contributed by atoms with Crippen LogP contribution >= 0.6 is 11.8 Å². The Labute approximate surface area is 165 Å². The number of carbonyl (C=O) groups excluding carboxylic acids is 1. The van der Waals surface area contributed by atoms with Gasteiger partial charge in [-0.15, -0.1) is 0 Å². The number of hydrazone groups is 1. The summed E-state index contributed by atoms with van der Waals surface area (Å²) < 4.78 is 20.4. The van der Waals surface area contributed by atoms with Crippen molar-refractivity contribution in [2.24, 2.45) is 12.1 Å². The van der Waals surface area contributed by atoms with Crippen LogP contribution in [0.2, 0.25) is 0 Å². The molecule has 6 nitrogen and oxygen atoms in total. The summed E-state index contributed by atoms with van der Waals surface area (Å²) >= 11 is 1.40. The van der Waals surface area contributed by atoms with E-state index >= 15 is 0 Å². The van der Waals surface area contributed by atoms with Gasteiger partial charge in [0.2, 0.25) is 5.88 Å². The minimum atomic E-state index is -0.453. The van der Waals surface area contributed by atoms with Crippen LogP contribution in [-0.2, 0) is 7.05 Å². The molecule has 0 saturated heterocycles. The fourth-order valence-electron chi connectivity index (χ4n) is 2.96. The fraction of sp³-hybridized carbons (Fsp3) is 0.150. The zero-order valence-corrected chi connectivity index (χ0v) is 16.1. The van der Waals surface area contributed by atoms with Gasteiger partial charge in [0.1, 0.15) is 21.9 Å². The third kappa shape index (κ3) is 3.27. The molecule has 1 aliphatic heterocycles. The largest absolute Gasteiger partial charge is 0.481 e. The molecular formula is C20H17FN4O2S. The van der Waals surface area contributed by atoms with E-state index in [1.54, 1.807) is 54.3 Å². The Hall–Kier alpha value is -3.13. The fourth-order valence-corrected chi connectivity index (χ4v) is 4.13. The van der Waals surface area contributed by atoms with Crippen LogP contribution in [0.4, 0.5) is 4.39 Å². The number of hydrogen-bond donors (Lipinski definition) is 0. The van der Waals surface area contributed by atoms with Crippen molar-refractivity contribution in [2.75, 3.05) is 7.11 Å². The summed E-state index contributed by atoms with van der Waals surface area (Å²) in [6.07, 6.45) is 3.44. The SMILES string of the molecule is COc1ncccc1C1SC(c2ccc(F)cc2)=NN1C(=O)c1cccn1C. The Balaban J connectivity index is 1.77. The van der Waals surface area contributed by atoms with Crippen LogP contribution in [0.5, 0.6) is 5.88 Å². The first-order valence-corrected chi connectivity index (χ1v) is 9.41. The molecule has 4 rings (SSSR count). The predicted octanol–water partition coefficient (Wildman–Crippen LogP) is 3.82. The highest BCUT2D eigenvalue weighted by atomic mass is 32.2. The van der Waals surface area contributed by atoms with Gasteiger partial charge >= 0.3 is 0 Å². The lowest BCUT2D eigenvalue weighted by Gasteiger charge is -2.22. The molecule has 3 heterocycles. The summed E-state index contributed by atoms with van der Waals surface area (Å²) in [7, 11) is 3.34. The normalized spacial score (nSPS) is 16.2. The molecule has 1 atom stereocenters. The zero-order valence-electron chi connectivity index (χ0n) is 15.2. The number of amides is 1. The number of rotatable bonds is 4. The first-order chi connectivity index (χ1) is 13.6. The van der Waals surface area contributed by atoms with E-state index in [0.29, 0.717) is 16.6 Å². The van der Waals surface area contributed by atoms with Gasteiger partial charge in [-0.3, -0.25) is 4.79 Å². The Morgan fingerprint density at radius 2 is 1.96 bits per heavy atom. The van der Waals surface area contributed by atoms with Gasteiger partial charge in [0, 0.05) is 30.6 Å². The van der Waals surface area contributed by atoms with Crippen LogP contribution in [0.25, 0.3) is 0 Å². The molecule has 0 saturated carbocycles. The Kier molecular flexibility index (Phi) is 4.87. The second-order valence-electron chi connectivity index (χ2n) is 6.14. The van der Waals surface area contributed by atoms with Crippen molar-refractivity contribution in [3.8, 4) is 5.88 Å². The van der Waals surface area contributed by atoms with Crippen molar-refractivity contribution in [1.82, 2.24) is 14.6 Å². The van der Waals surface area contributed by atoms with E-state index < -0.39 is 5.37 Å². The van der Waals surface area contributed by atoms with Crippen LogP contribution in [0, 0.1) is 5.82 Å². The van der Waals surface area contributed by atoms with Crippen molar-refractivity contribution in [3.05, 3.63) is 83.6 Å². The van der Waals surface area contributed by atoms with Gasteiger partial charge in [0.25, 0.3) is 5.91 Å². The second-order valence-corrected chi connectivity index (χ2v) is 7.21. The maximum atomic E-state index is 13.3. The number of aryl methyl sites for hydroxylation is 1. The van der Waals surface area contributed by atoms with E-state index in [9.17, 15) is 9.18 Å². The summed E-state index contributed by atoms with van der Waals surface area (Å²) in [4.78, 5) is 17.5. The molecule has 2 aromatic heterocycles. The second kappa shape index (κ2) is 7.47. The number of nitrogens with zero attached hydrogens (tertiary/aromatic N) is 4. The smallest absolute Gasteiger partial charge is 0.291 e. The van der Waals surface area contributed by atoms with E-state index in [2.05, 4.69) is 10.1 Å². The molecule has 0 bridgehead atoms. The number of halogens is 1. The third-order valence-electron chi connectivity index (χ3n) is 4.37. The highest BCUT2D eigenvalue weighted by Crippen LogP contribution is 2.44. The van der Waals surface area contributed by atoms with Crippen LogP contribution in [0.15, 0.2) is 66.0 Å². The predicted molar refractivity (Wildman–Crippen MR) is 106 cm³/mol. The monoisotopic (exact) mass is 396 g/mol. The number of thioether (sulfide) groups is 1. The van der Waals surface area contributed by atoms with Crippen molar-refractivity contribution < 1.29 is 13.9 Å². The molecule has 0 aliphatic carbocycles. The summed E-state index contributed by atoms with van der Waals surface area (Å²) in [5, 5.41) is 6.16. The molecule has 0 radical (unpaired) electrons. The van der Waals surface area contributed by atoms with Crippen LogP contribution in [0.1, 0.15) is 27.0 Å². The Bertz CT molecular complexity index is 1050. The van der Waals surface area contributed by atoms with Crippen molar-refractivity contribution >= 4 is 22.7 Å². The van der Waals surface area contributed by atoms with Gasteiger partial charge in [-0.1, -0.05) is 11.8 Å². The van der Waals surface area contributed by atoms with E-state index in [-0.39, 0.29) is 11.7 Å². The molecule has 0 spiro atoms. The molecule has 0 N–H and O–H groups in total. The van der Waals surface area contributed by atoms with Gasteiger partial charge < -0.3 is 9.30 Å². The molecule has 28 heavy (non-hydrogen) atoms. The Morgan fingerprint density at radius 3 is 2.64 bits per heavy atom. The van der Waals surface area contributed by atoms with E-state index in [1.165, 1.54) is 36.0 Å². The third-order valence-corrected chi connectivity index (χ3v) is 5.58. The number of carbonyl (C=O) groups is 1. The lowest BCUT2D eigenvalue weighted by atomic mass is 10.2. The molecular weight excluding hydrogens is 379 g/mol. The van der Waals surface area contributed by atoms with Crippen molar-refractivity contribution in [1.29, 1.82) is 0 Å². The number of methoxy groups -OCH3 is 1. The topological polar surface area (TPSA) is 59.7 Å². The molecule has 3 aromatic rings. The lowest BCUT2D eigenvalue weighted by molar-refractivity contribution is 0.0738. The molecule has 142 valence electrons. The number of hydrogen-bond acceptors (Lipinski definition) is 5. The lowest BCUT2D eigenvalue weighted by Crippen LogP contribution is -2.28. The maximum Gasteiger partial charge on any atom is 0.291 e. The molecule has 1 aromatic carbocycles. The Morgan fingerprint density at radius 1 is 1.18 bits per heavy atom. The summed E-state index contributed by atoms with van der Waals surface area (Å²) in [5.41, 5.74) is 1.98. The van der Waals surface area contributed by atoms with E-state index in [4.69, 9.17) is 4.74 Å². The first-order valence-electron chi connectivity index (χ1n) is 8.53. The van der Waals surface area contributed by atoms with Gasteiger partial charge in [-0.05, 0) is 48.5 Å². The number of benzene rings is 1. The summed E-state index contributed by atoms with van der Waals surface area (Å²) in [5.74, 6) is -0.136. The molecule has 1 unspecified atom stereocenters. The van der Waals surface area contributed by atoms with Crippen molar-refractivity contribution in [2.45, 2.75) is 5.37 Å². The van der Waals surface area contributed by atoms with E-state index in [0.717, 1.165) is 11.1 Å². The average Bonchev–Trinajstić information content (AvgIpc) is 3.34. The molecule has 1 amide bonds. The van der Waals surface area contributed by atoms with Gasteiger partial charge in [-0.25, -0.2) is 14.4 Å². The maximum absolute atomic E-state index is 13.3. The summed E-state index contributed by atoms with van der Waals surface area (Å²) in [6.45, 7) is 0. The minimum Gasteiger partial charge on any atom is -0.481 e. The average molecular weight is 396 g/mol. The number of aromatic nitrogens is 2. The number of pyridine rings is 1. The summed E-state index contributed by atoms with van der Waals surface area (Å²) in [6, 6.07) is 13.2. The highest BCUT2D eigenvalue weighted by Gasteiger charge is 2.37. The zero-order chi connectivity index (χ0) is 19.7. The van der Waals surface area contributed by atoms with Crippen molar-refractivity contribution in [3.63, 3.8) is 0 Å². The van der Waals surface area contributed by atoms with Gasteiger partial charge in [-0.2, -0.15) is 5.10 Å². The quantitative estimate of drug-likeness (QED) is 0.673. The minimum absolute atomic E-state index is 0.243. The number of ether oxygens (including phenoxy) is 1. The highest BCUT2D eigenvalue weighted by molar-refractivity contribution is 8.14.